The molecule has 1 aromatic heterocycles. The summed E-state index contributed by atoms with van der Waals surface area (Å²) in [6, 6.07) is 2.28. The summed E-state index contributed by atoms with van der Waals surface area (Å²) in [6.07, 6.45) is 5.11. The molecule has 0 spiro atoms. The Labute approximate surface area is 101 Å². The molecule has 0 aliphatic heterocycles. The Balaban J connectivity index is 2.04. The van der Waals surface area contributed by atoms with Gasteiger partial charge < -0.3 is 9.52 Å². The zero-order valence-corrected chi connectivity index (χ0v) is 10.4. The molecule has 4 nitrogen and oxygen atoms in total. The Morgan fingerprint density at radius 2 is 2.18 bits per heavy atom. The highest BCUT2D eigenvalue weighted by Crippen LogP contribution is 2.25. The molecule has 1 fully saturated rings. The standard InChI is InChI=1S/C13H19NO3/c1-9-10(7-12(17-9)13(15)16)8-14(2)11-5-3-4-6-11/h7,11H,3-6,8H2,1-2H3,(H,15,16). The van der Waals surface area contributed by atoms with E-state index in [1.54, 1.807) is 6.07 Å². The summed E-state index contributed by atoms with van der Waals surface area (Å²) >= 11 is 0. The van der Waals surface area contributed by atoms with Gasteiger partial charge in [-0.1, -0.05) is 12.8 Å². The second-order valence-corrected chi connectivity index (χ2v) is 4.85. The van der Waals surface area contributed by atoms with Gasteiger partial charge in [0.15, 0.2) is 0 Å². The van der Waals surface area contributed by atoms with Gasteiger partial charge in [0.25, 0.3) is 0 Å². The maximum absolute atomic E-state index is 10.8. The lowest BCUT2D eigenvalue weighted by Crippen LogP contribution is -2.28. The van der Waals surface area contributed by atoms with Crippen molar-refractivity contribution in [3.63, 3.8) is 0 Å². The number of rotatable bonds is 4. The van der Waals surface area contributed by atoms with Gasteiger partial charge in [0, 0.05) is 18.2 Å². The first-order valence-electron chi connectivity index (χ1n) is 6.11. The number of nitrogens with zero attached hydrogens (tertiary/aromatic N) is 1. The Morgan fingerprint density at radius 3 is 2.71 bits per heavy atom. The molecule has 1 N–H and O–H groups in total. The largest absolute Gasteiger partial charge is 0.475 e. The van der Waals surface area contributed by atoms with E-state index in [0.29, 0.717) is 11.8 Å². The lowest BCUT2D eigenvalue weighted by molar-refractivity contribution is 0.0661. The van der Waals surface area contributed by atoms with Crippen LogP contribution < -0.4 is 0 Å². The predicted octanol–water partition coefficient (Wildman–Crippen LogP) is 2.66. The molecule has 0 saturated heterocycles. The van der Waals surface area contributed by atoms with Crippen LogP contribution in [0.2, 0.25) is 0 Å². The van der Waals surface area contributed by atoms with E-state index in [-0.39, 0.29) is 5.76 Å². The number of carbonyl (C=O) groups is 1. The Morgan fingerprint density at radius 1 is 1.53 bits per heavy atom. The number of carboxylic acid groups (broad SMARTS) is 1. The van der Waals surface area contributed by atoms with Gasteiger partial charge >= 0.3 is 5.97 Å². The maximum Gasteiger partial charge on any atom is 0.371 e. The topological polar surface area (TPSA) is 53.7 Å². The Bertz CT molecular complexity index is 405. The minimum atomic E-state index is -0.997. The third kappa shape index (κ3) is 2.69. The summed E-state index contributed by atoms with van der Waals surface area (Å²) in [7, 11) is 2.10. The molecule has 2 rings (SSSR count). The third-order valence-electron chi connectivity index (χ3n) is 3.60. The van der Waals surface area contributed by atoms with Crippen molar-refractivity contribution >= 4 is 5.97 Å². The van der Waals surface area contributed by atoms with E-state index in [9.17, 15) is 4.79 Å². The van der Waals surface area contributed by atoms with Crippen molar-refractivity contribution in [1.82, 2.24) is 4.90 Å². The molecule has 1 saturated carbocycles. The molecule has 0 aromatic carbocycles. The number of furan rings is 1. The van der Waals surface area contributed by atoms with Crippen molar-refractivity contribution in [2.75, 3.05) is 7.05 Å². The molecule has 1 aliphatic carbocycles. The fourth-order valence-electron chi connectivity index (χ4n) is 2.53. The molecule has 0 amide bonds. The molecule has 1 heterocycles. The van der Waals surface area contributed by atoms with Crippen molar-refractivity contribution in [2.24, 2.45) is 0 Å². The monoisotopic (exact) mass is 237 g/mol. The summed E-state index contributed by atoms with van der Waals surface area (Å²) < 4.78 is 5.21. The van der Waals surface area contributed by atoms with E-state index in [1.807, 2.05) is 6.92 Å². The number of hydrogen-bond donors (Lipinski definition) is 1. The fourth-order valence-corrected chi connectivity index (χ4v) is 2.53. The first-order chi connectivity index (χ1) is 8.08. The average molecular weight is 237 g/mol. The molecule has 94 valence electrons. The zero-order chi connectivity index (χ0) is 12.4. The van der Waals surface area contributed by atoms with Gasteiger partial charge in [-0.25, -0.2) is 4.79 Å². The van der Waals surface area contributed by atoms with Gasteiger partial charge in [0.05, 0.1) is 0 Å². The second kappa shape index (κ2) is 4.92. The van der Waals surface area contributed by atoms with Crippen LogP contribution in [0.15, 0.2) is 10.5 Å². The molecular weight excluding hydrogens is 218 g/mol. The van der Waals surface area contributed by atoms with Crippen molar-refractivity contribution in [3.8, 4) is 0 Å². The zero-order valence-electron chi connectivity index (χ0n) is 10.4. The number of aromatic carboxylic acids is 1. The second-order valence-electron chi connectivity index (χ2n) is 4.85. The van der Waals surface area contributed by atoms with Gasteiger partial charge in [-0.05, 0) is 32.9 Å². The fraction of sp³-hybridized carbons (Fsp3) is 0.615. The maximum atomic E-state index is 10.8. The molecule has 0 atom stereocenters. The molecule has 1 aliphatic rings. The average Bonchev–Trinajstić information content (AvgIpc) is 2.88. The van der Waals surface area contributed by atoms with Crippen LogP contribution in [-0.2, 0) is 6.54 Å². The highest BCUT2D eigenvalue weighted by atomic mass is 16.4. The van der Waals surface area contributed by atoms with Crippen LogP contribution in [0.3, 0.4) is 0 Å². The molecule has 0 bridgehead atoms. The van der Waals surface area contributed by atoms with Gasteiger partial charge in [0.1, 0.15) is 5.76 Å². The van der Waals surface area contributed by atoms with Crippen LogP contribution in [-0.4, -0.2) is 29.1 Å². The lowest BCUT2D eigenvalue weighted by Gasteiger charge is -2.23. The first kappa shape index (κ1) is 12.2. The first-order valence-corrected chi connectivity index (χ1v) is 6.11. The summed E-state index contributed by atoms with van der Waals surface area (Å²) in [4.78, 5) is 13.1. The normalized spacial score (nSPS) is 16.9. The molecule has 0 radical (unpaired) electrons. The van der Waals surface area contributed by atoms with E-state index >= 15 is 0 Å². The van der Waals surface area contributed by atoms with Gasteiger partial charge in [-0.2, -0.15) is 0 Å². The molecular formula is C13H19NO3. The van der Waals surface area contributed by atoms with Crippen LogP contribution in [0.1, 0.15) is 47.6 Å². The smallest absolute Gasteiger partial charge is 0.371 e. The van der Waals surface area contributed by atoms with E-state index in [0.717, 1.165) is 12.1 Å². The van der Waals surface area contributed by atoms with Crippen LogP contribution in [0, 0.1) is 6.92 Å². The highest BCUT2D eigenvalue weighted by Gasteiger charge is 2.21. The predicted molar refractivity (Wildman–Crippen MR) is 64.1 cm³/mol. The van der Waals surface area contributed by atoms with Gasteiger partial charge in [-0.15, -0.1) is 0 Å². The number of carboxylic acids is 1. The molecule has 0 unspecified atom stereocenters. The minimum absolute atomic E-state index is 0.0392. The molecule has 1 aromatic rings. The van der Waals surface area contributed by atoms with Crippen LogP contribution >= 0.6 is 0 Å². The highest BCUT2D eigenvalue weighted by molar-refractivity contribution is 5.84. The van der Waals surface area contributed by atoms with Crippen molar-refractivity contribution in [1.29, 1.82) is 0 Å². The van der Waals surface area contributed by atoms with E-state index in [2.05, 4.69) is 11.9 Å². The number of aryl methyl sites for hydroxylation is 1. The van der Waals surface area contributed by atoms with Crippen molar-refractivity contribution < 1.29 is 14.3 Å². The van der Waals surface area contributed by atoms with E-state index < -0.39 is 5.97 Å². The molecule has 17 heavy (non-hydrogen) atoms. The van der Waals surface area contributed by atoms with E-state index in [4.69, 9.17) is 9.52 Å². The van der Waals surface area contributed by atoms with Crippen molar-refractivity contribution in [3.05, 3.63) is 23.2 Å². The Kier molecular flexibility index (Phi) is 3.52. The van der Waals surface area contributed by atoms with Crippen LogP contribution in [0.5, 0.6) is 0 Å². The summed E-state index contributed by atoms with van der Waals surface area (Å²) in [5.74, 6) is -0.243. The van der Waals surface area contributed by atoms with E-state index in [1.165, 1.54) is 25.7 Å². The summed E-state index contributed by atoms with van der Waals surface area (Å²) in [6.45, 7) is 2.59. The van der Waals surface area contributed by atoms with Gasteiger partial charge in [-0.3, -0.25) is 4.90 Å². The third-order valence-corrected chi connectivity index (χ3v) is 3.60. The minimum Gasteiger partial charge on any atom is -0.475 e. The summed E-state index contributed by atoms with van der Waals surface area (Å²) in [5.41, 5.74) is 0.983. The molecule has 4 heteroatoms. The Hall–Kier alpha value is -1.29. The quantitative estimate of drug-likeness (QED) is 0.874. The van der Waals surface area contributed by atoms with Crippen LogP contribution in [0.4, 0.5) is 0 Å². The number of hydrogen-bond acceptors (Lipinski definition) is 3. The van der Waals surface area contributed by atoms with Crippen LogP contribution in [0.25, 0.3) is 0 Å². The SMILES string of the molecule is Cc1oc(C(=O)O)cc1CN(C)C1CCCC1. The van der Waals surface area contributed by atoms with Crippen molar-refractivity contribution in [2.45, 2.75) is 45.2 Å². The summed E-state index contributed by atoms with van der Waals surface area (Å²) in [5, 5.41) is 8.86. The lowest BCUT2D eigenvalue weighted by atomic mass is 10.2. The van der Waals surface area contributed by atoms with Gasteiger partial charge in [0.2, 0.25) is 5.76 Å².